The Hall–Kier alpha value is -1.49. The quantitative estimate of drug-likeness (QED) is 0.772. The molecule has 1 rings (SSSR count). The van der Waals surface area contributed by atoms with Crippen molar-refractivity contribution >= 4 is 23.6 Å². The number of hydrogen-bond donors (Lipinski definition) is 2. The minimum absolute atomic E-state index is 0.0865. The number of nitrogens with one attached hydrogen (secondary N) is 1. The van der Waals surface area contributed by atoms with Crippen molar-refractivity contribution in [3.05, 3.63) is 35.9 Å². The summed E-state index contributed by atoms with van der Waals surface area (Å²) in [6.45, 7) is 3.55. The van der Waals surface area contributed by atoms with Gasteiger partial charge >= 0.3 is 5.97 Å². The summed E-state index contributed by atoms with van der Waals surface area (Å²) in [6.07, 6.45) is 1.79. The van der Waals surface area contributed by atoms with Gasteiger partial charge in [0.1, 0.15) is 0 Å². The number of aryl methyl sites for hydroxylation is 1. The normalized spacial score (nSPS) is 13.5. The van der Waals surface area contributed by atoms with E-state index in [0.29, 0.717) is 0 Å². The zero-order chi connectivity index (χ0) is 15.0. The van der Waals surface area contributed by atoms with E-state index in [0.717, 1.165) is 24.6 Å². The summed E-state index contributed by atoms with van der Waals surface area (Å²) < 4.78 is 0. The number of hydrogen-bond acceptors (Lipinski definition) is 3. The monoisotopic (exact) mass is 295 g/mol. The van der Waals surface area contributed by atoms with Gasteiger partial charge in [-0.15, -0.1) is 11.8 Å². The highest BCUT2D eigenvalue weighted by atomic mass is 32.2. The lowest BCUT2D eigenvalue weighted by molar-refractivity contribution is -0.136. The molecule has 0 saturated carbocycles. The summed E-state index contributed by atoms with van der Waals surface area (Å²) in [7, 11) is 0. The summed E-state index contributed by atoms with van der Waals surface area (Å²) in [5.41, 5.74) is 1.25. The summed E-state index contributed by atoms with van der Waals surface area (Å²) in [6, 6.07) is 10.2. The Balaban J connectivity index is 2.23. The van der Waals surface area contributed by atoms with Crippen LogP contribution in [0.3, 0.4) is 0 Å². The molecule has 0 heterocycles. The van der Waals surface area contributed by atoms with Crippen LogP contribution >= 0.6 is 11.8 Å². The number of carbonyl (C=O) groups is 2. The van der Waals surface area contributed by atoms with Crippen LogP contribution in [-0.4, -0.2) is 34.0 Å². The minimum Gasteiger partial charge on any atom is -0.480 e. The van der Waals surface area contributed by atoms with Gasteiger partial charge in [0.25, 0.3) is 0 Å². The van der Waals surface area contributed by atoms with Crippen LogP contribution in [0.25, 0.3) is 0 Å². The van der Waals surface area contributed by atoms with E-state index >= 15 is 0 Å². The maximum Gasteiger partial charge on any atom is 0.316 e. The third-order valence-electron chi connectivity index (χ3n) is 2.93. The first-order valence-corrected chi connectivity index (χ1v) is 7.71. The van der Waals surface area contributed by atoms with Gasteiger partial charge in [0.15, 0.2) is 0 Å². The van der Waals surface area contributed by atoms with Crippen LogP contribution in [0.1, 0.15) is 25.8 Å². The Bertz CT molecular complexity index is 436. The van der Waals surface area contributed by atoms with Crippen molar-refractivity contribution in [1.82, 2.24) is 5.32 Å². The van der Waals surface area contributed by atoms with Crippen molar-refractivity contribution in [3.8, 4) is 0 Å². The Morgan fingerprint density at radius 2 is 1.90 bits per heavy atom. The smallest absolute Gasteiger partial charge is 0.316 e. The molecule has 0 aromatic heterocycles. The number of benzene rings is 1. The Kier molecular flexibility index (Phi) is 7.15. The van der Waals surface area contributed by atoms with Gasteiger partial charge in [0.05, 0.1) is 11.0 Å². The summed E-state index contributed by atoms with van der Waals surface area (Å²) in [5.74, 6) is -0.813. The average Bonchev–Trinajstić information content (AvgIpc) is 2.43. The maximum atomic E-state index is 11.7. The molecule has 0 saturated heterocycles. The van der Waals surface area contributed by atoms with Crippen LogP contribution in [-0.2, 0) is 16.0 Å². The molecule has 20 heavy (non-hydrogen) atoms. The lowest BCUT2D eigenvalue weighted by atomic mass is 10.1. The van der Waals surface area contributed by atoms with Gasteiger partial charge in [-0.3, -0.25) is 9.59 Å². The molecular weight excluding hydrogens is 274 g/mol. The first-order chi connectivity index (χ1) is 9.49. The lowest BCUT2D eigenvalue weighted by Gasteiger charge is -2.14. The molecule has 110 valence electrons. The van der Waals surface area contributed by atoms with E-state index in [4.69, 9.17) is 5.11 Å². The van der Waals surface area contributed by atoms with Crippen LogP contribution in [0, 0.1) is 0 Å². The van der Waals surface area contributed by atoms with Crippen molar-refractivity contribution in [3.63, 3.8) is 0 Å². The molecule has 1 aromatic rings. The van der Waals surface area contributed by atoms with Crippen molar-refractivity contribution in [2.75, 3.05) is 5.75 Å². The second kappa shape index (κ2) is 8.64. The van der Waals surface area contributed by atoms with Crippen LogP contribution in [0.2, 0.25) is 0 Å². The predicted molar refractivity (Wildman–Crippen MR) is 81.9 cm³/mol. The zero-order valence-corrected chi connectivity index (χ0v) is 12.7. The van der Waals surface area contributed by atoms with E-state index in [1.807, 2.05) is 25.1 Å². The first kappa shape index (κ1) is 16.6. The topological polar surface area (TPSA) is 66.4 Å². The molecule has 2 N–H and O–H groups in total. The lowest BCUT2D eigenvalue weighted by Crippen LogP contribution is -2.34. The molecule has 5 heteroatoms. The molecule has 1 aromatic carbocycles. The summed E-state index contributed by atoms with van der Waals surface area (Å²) in [5, 5.41) is 11.1. The third-order valence-corrected chi connectivity index (χ3v) is 4.06. The standard InChI is InChI=1S/C15H21NO3S/c1-11(8-9-13-6-4-3-5-7-13)16-14(17)10-20-12(2)15(18)19/h3-7,11-12H,8-10H2,1-2H3,(H,16,17)(H,18,19)/t11-,12+/m0/s1. The zero-order valence-electron chi connectivity index (χ0n) is 11.8. The first-order valence-electron chi connectivity index (χ1n) is 6.66. The maximum absolute atomic E-state index is 11.7. The second-order valence-electron chi connectivity index (χ2n) is 4.78. The Morgan fingerprint density at radius 3 is 2.50 bits per heavy atom. The fourth-order valence-electron chi connectivity index (χ4n) is 1.69. The van der Waals surface area contributed by atoms with Gasteiger partial charge < -0.3 is 10.4 Å². The molecule has 0 aliphatic carbocycles. The SMILES string of the molecule is C[C@@H](CCc1ccccc1)NC(=O)CS[C@H](C)C(=O)O. The van der Waals surface area contributed by atoms with Gasteiger partial charge in [-0.05, 0) is 32.3 Å². The number of rotatable bonds is 8. The minimum atomic E-state index is -0.889. The largest absolute Gasteiger partial charge is 0.480 e. The molecule has 0 bridgehead atoms. The number of carbonyl (C=O) groups excluding carboxylic acids is 1. The van der Waals surface area contributed by atoms with Gasteiger partial charge in [-0.1, -0.05) is 30.3 Å². The van der Waals surface area contributed by atoms with E-state index in [9.17, 15) is 9.59 Å². The van der Waals surface area contributed by atoms with Crippen molar-refractivity contribution in [2.24, 2.45) is 0 Å². The van der Waals surface area contributed by atoms with E-state index in [-0.39, 0.29) is 17.7 Å². The van der Waals surface area contributed by atoms with Crippen molar-refractivity contribution in [2.45, 2.75) is 38.0 Å². The van der Waals surface area contributed by atoms with Crippen LogP contribution in [0.4, 0.5) is 0 Å². The molecule has 0 aliphatic heterocycles. The highest BCUT2D eigenvalue weighted by Gasteiger charge is 2.14. The Morgan fingerprint density at radius 1 is 1.25 bits per heavy atom. The number of aliphatic carboxylic acids is 1. The third kappa shape index (κ3) is 6.61. The summed E-state index contributed by atoms with van der Waals surface area (Å²) >= 11 is 1.14. The fraction of sp³-hybridized carbons (Fsp3) is 0.467. The second-order valence-corrected chi connectivity index (χ2v) is 6.11. The molecular formula is C15H21NO3S. The molecule has 4 nitrogen and oxygen atoms in total. The van der Waals surface area contributed by atoms with Crippen LogP contribution in [0.5, 0.6) is 0 Å². The van der Waals surface area contributed by atoms with E-state index < -0.39 is 11.2 Å². The van der Waals surface area contributed by atoms with Gasteiger partial charge in [-0.25, -0.2) is 0 Å². The van der Waals surface area contributed by atoms with Gasteiger partial charge in [0.2, 0.25) is 5.91 Å². The molecule has 0 spiro atoms. The average molecular weight is 295 g/mol. The molecule has 0 aliphatic rings. The van der Waals surface area contributed by atoms with Crippen LogP contribution < -0.4 is 5.32 Å². The number of amides is 1. The van der Waals surface area contributed by atoms with Crippen molar-refractivity contribution < 1.29 is 14.7 Å². The summed E-state index contributed by atoms with van der Waals surface area (Å²) in [4.78, 5) is 22.3. The van der Waals surface area contributed by atoms with Crippen LogP contribution in [0.15, 0.2) is 30.3 Å². The fourth-order valence-corrected chi connectivity index (χ4v) is 2.32. The molecule has 2 atom stereocenters. The molecule has 0 radical (unpaired) electrons. The number of thioether (sulfide) groups is 1. The number of carboxylic acid groups (broad SMARTS) is 1. The molecule has 1 amide bonds. The highest BCUT2D eigenvalue weighted by Crippen LogP contribution is 2.10. The van der Waals surface area contributed by atoms with E-state index in [1.54, 1.807) is 6.92 Å². The molecule has 0 unspecified atom stereocenters. The molecule has 0 fully saturated rings. The Labute approximate surface area is 124 Å². The van der Waals surface area contributed by atoms with Crippen molar-refractivity contribution in [1.29, 1.82) is 0 Å². The van der Waals surface area contributed by atoms with E-state index in [1.165, 1.54) is 5.56 Å². The van der Waals surface area contributed by atoms with E-state index in [2.05, 4.69) is 17.4 Å². The van der Waals surface area contributed by atoms with Gasteiger partial charge in [-0.2, -0.15) is 0 Å². The highest BCUT2D eigenvalue weighted by molar-refractivity contribution is 8.01. The number of carboxylic acids is 1. The predicted octanol–water partition coefficient (Wildman–Crippen LogP) is 2.33. The van der Waals surface area contributed by atoms with Gasteiger partial charge in [0, 0.05) is 6.04 Å².